The van der Waals surface area contributed by atoms with Crippen molar-refractivity contribution in [3.05, 3.63) is 80.0 Å². The number of rotatable bonds is 5. The lowest BCUT2D eigenvalue weighted by atomic mass is 10.1. The Morgan fingerprint density at radius 2 is 1.89 bits per heavy atom. The van der Waals surface area contributed by atoms with Gasteiger partial charge >= 0.3 is 0 Å². The summed E-state index contributed by atoms with van der Waals surface area (Å²) in [4.78, 5) is 25.4. The third-order valence-electron chi connectivity index (χ3n) is 4.33. The van der Waals surface area contributed by atoms with E-state index in [-0.39, 0.29) is 12.1 Å². The van der Waals surface area contributed by atoms with Crippen LogP contribution in [-0.2, 0) is 19.4 Å². The van der Waals surface area contributed by atoms with Gasteiger partial charge in [0.15, 0.2) is 11.5 Å². The summed E-state index contributed by atoms with van der Waals surface area (Å²) in [5.74, 6) is 0.922. The van der Waals surface area contributed by atoms with Crippen LogP contribution in [0.15, 0.2) is 46.0 Å². The number of fused-ring (bicyclic) bond motifs is 1. The van der Waals surface area contributed by atoms with Crippen molar-refractivity contribution in [3.8, 4) is 0 Å². The van der Waals surface area contributed by atoms with Gasteiger partial charge in [-0.05, 0) is 42.7 Å². The molecule has 0 N–H and O–H groups in total. The Morgan fingerprint density at radius 3 is 2.68 bits per heavy atom. The smallest absolute Gasteiger partial charge is 0.263 e. The van der Waals surface area contributed by atoms with Crippen LogP contribution in [0.5, 0.6) is 0 Å². The van der Waals surface area contributed by atoms with Gasteiger partial charge in [-0.15, -0.1) is 0 Å². The molecular formula is C19H15Cl2N5O2. The molecule has 0 aliphatic carbocycles. The highest BCUT2D eigenvalue weighted by Gasteiger charge is 2.13. The van der Waals surface area contributed by atoms with Crippen molar-refractivity contribution >= 4 is 34.2 Å². The maximum atomic E-state index is 12.7. The average Bonchev–Trinajstić information content (AvgIpc) is 3.10. The van der Waals surface area contributed by atoms with Crippen LogP contribution in [0.2, 0.25) is 10.2 Å². The van der Waals surface area contributed by atoms with Crippen LogP contribution in [0.1, 0.15) is 22.8 Å². The Labute approximate surface area is 170 Å². The number of aromatic nitrogens is 5. The predicted octanol–water partition coefficient (Wildman–Crippen LogP) is 3.62. The second kappa shape index (κ2) is 7.69. The van der Waals surface area contributed by atoms with Crippen molar-refractivity contribution in [2.24, 2.45) is 0 Å². The summed E-state index contributed by atoms with van der Waals surface area (Å²) >= 11 is 11.8. The van der Waals surface area contributed by atoms with Gasteiger partial charge in [-0.3, -0.25) is 9.36 Å². The molecule has 0 bridgehead atoms. The first kappa shape index (κ1) is 18.6. The first-order valence-corrected chi connectivity index (χ1v) is 9.33. The lowest BCUT2D eigenvalue weighted by molar-refractivity contribution is 0.364. The molecule has 0 aliphatic rings. The van der Waals surface area contributed by atoms with E-state index in [2.05, 4.69) is 20.1 Å². The second-order valence-corrected chi connectivity index (χ2v) is 7.19. The summed E-state index contributed by atoms with van der Waals surface area (Å²) in [6, 6.07) is 9.26. The van der Waals surface area contributed by atoms with Crippen LogP contribution >= 0.6 is 23.2 Å². The van der Waals surface area contributed by atoms with E-state index in [0.717, 1.165) is 17.5 Å². The third-order valence-corrected chi connectivity index (χ3v) is 4.77. The normalized spacial score (nSPS) is 11.2. The second-order valence-electron chi connectivity index (χ2n) is 6.37. The quantitative estimate of drug-likeness (QED) is 0.462. The predicted molar refractivity (Wildman–Crippen MR) is 106 cm³/mol. The van der Waals surface area contributed by atoms with Gasteiger partial charge in [0.2, 0.25) is 5.89 Å². The van der Waals surface area contributed by atoms with Crippen LogP contribution in [0.3, 0.4) is 0 Å². The van der Waals surface area contributed by atoms with Gasteiger partial charge in [0.1, 0.15) is 18.0 Å². The van der Waals surface area contributed by atoms with Crippen LogP contribution < -0.4 is 5.56 Å². The zero-order valence-electron chi connectivity index (χ0n) is 14.9. The van der Waals surface area contributed by atoms with Crippen molar-refractivity contribution in [1.29, 1.82) is 0 Å². The maximum absolute atomic E-state index is 12.7. The molecule has 1 aromatic carbocycles. The minimum atomic E-state index is -0.229. The molecule has 0 unspecified atom stereocenters. The SMILES string of the molecule is Cc1cc(Cl)nc2ncn(Cc3nc(CCc4ccc(Cl)cc4)no3)c(=O)c12. The number of pyridine rings is 1. The van der Waals surface area contributed by atoms with Gasteiger partial charge in [-0.1, -0.05) is 40.5 Å². The molecule has 0 atom stereocenters. The van der Waals surface area contributed by atoms with Crippen LogP contribution in [0.4, 0.5) is 0 Å². The van der Waals surface area contributed by atoms with E-state index in [1.54, 1.807) is 13.0 Å². The summed E-state index contributed by atoms with van der Waals surface area (Å²) in [6.45, 7) is 1.93. The van der Waals surface area contributed by atoms with Crippen molar-refractivity contribution in [2.45, 2.75) is 26.3 Å². The number of hydrogen-bond donors (Lipinski definition) is 0. The highest BCUT2D eigenvalue weighted by molar-refractivity contribution is 6.30. The van der Waals surface area contributed by atoms with E-state index in [1.165, 1.54) is 10.9 Å². The Balaban J connectivity index is 1.51. The topological polar surface area (TPSA) is 86.7 Å². The number of hydrogen-bond acceptors (Lipinski definition) is 6. The van der Waals surface area contributed by atoms with Crippen molar-refractivity contribution in [1.82, 2.24) is 24.7 Å². The lowest BCUT2D eigenvalue weighted by Gasteiger charge is -2.05. The molecule has 0 fully saturated rings. The molecule has 3 aromatic heterocycles. The Kier molecular flexibility index (Phi) is 5.11. The fourth-order valence-corrected chi connectivity index (χ4v) is 3.29. The molecule has 7 nitrogen and oxygen atoms in total. The van der Waals surface area contributed by atoms with E-state index >= 15 is 0 Å². The third kappa shape index (κ3) is 3.90. The summed E-state index contributed by atoms with van der Waals surface area (Å²) in [6.07, 6.45) is 2.79. The first-order valence-electron chi connectivity index (χ1n) is 8.58. The fourth-order valence-electron chi connectivity index (χ4n) is 2.92. The minimum Gasteiger partial charge on any atom is -0.337 e. The largest absolute Gasteiger partial charge is 0.337 e. The molecule has 4 rings (SSSR count). The summed E-state index contributed by atoms with van der Waals surface area (Å²) in [7, 11) is 0. The Bertz CT molecular complexity index is 1200. The van der Waals surface area contributed by atoms with Crippen molar-refractivity contribution in [2.75, 3.05) is 0 Å². The molecule has 0 radical (unpaired) electrons. The summed E-state index contributed by atoms with van der Waals surface area (Å²) in [5, 5.41) is 5.42. The van der Waals surface area contributed by atoms with E-state index < -0.39 is 0 Å². The van der Waals surface area contributed by atoms with Gasteiger partial charge < -0.3 is 4.52 Å². The lowest BCUT2D eigenvalue weighted by Crippen LogP contribution is -2.22. The number of benzene rings is 1. The summed E-state index contributed by atoms with van der Waals surface area (Å²) in [5.41, 5.74) is 1.94. The standard InChI is InChI=1S/C19H15Cl2N5O2/c1-11-8-14(21)23-18-17(11)19(27)26(10-22-18)9-16-24-15(25-28-16)7-4-12-2-5-13(20)6-3-12/h2-3,5-6,8,10H,4,7,9H2,1H3. The van der Waals surface area contributed by atoms with Crippen molar-refractivity contribution in [3.63, 3.8) is 0 Å². The number of halogens is 2. The molecule has 0 amide bonds. The molecule has 0 saturated carbocycles. The molecule has 3 heterocycles. The molecule has 0 aliphatic heterocycles. The number of aryl methyl sites for hydroxylation is 3. The van der Waals surface area contributed by atoms with Gasteiger partial charge in [0.25, 0.3) is 5.56 Å². The number of nitrogens with zero attached hydrogens (tertiary/aromatic N) is 5. The van der Waals surface area contributed by atoms with Crippen LogP contribution in [-0.4, -0.2) is 24.7 Å². The molecule has 9 heteroatoms. The minimum absolute atomic E-state index is 0.137. The van der Waals surface area contributed by atoms with Crippen molar-refractivity contribution < 1.29 is 4.52 Å². The first-order chi connectivity index (χ1) is 13.5. The summed E-state index contributed by atoms with van der Waals surface area (Å²) < 4.78 is 6.70. The van der Waals surface area contributed by atoms with Gasteiger partial charge in [0.05, 0.1) is 5.39 Å². The molecule has 0 spiro atoms. The Morgan fingerprint density at radius 1 is 1.11 bits per heavy atom. The van der Waals surface area contributed by atoms with E-state index in [4.69, 9.17) is 27.7 Å². The molecule has 4 aromatic rings. The monoisotopic (exact) mass is 415 g/mol. The van der Waals surface area contributed by atoms with Gasteiger partial charge in [0, 0.05) is 11.4 Å². The van der Waals surface area contributed by atoms with E-state index in [1.807, 2.05) is 24.3 Å². The van der Waals surface area contributed by atoms with Gasteiger partial charge in [-0.2, -0.15) is 4.98 Å². The van der Waals surface area contributed by atoms with Crippen LogP contribution in [0.25, 0.3) is 11.0 Å². The highest BCUT2D eigenvalue weighted by atomic mass is 35.5. The molecule has 28 heavy (non-hydrogen) atoms. The van der Waals surface area contributed by atoms with E-state index in [9.17, 15) is 4.79 Å². The zero-order chi connectivity index (χ0) is 19.7. The zero-order valence-corrected chi connectivity index (χ0v) is 16.4. The van der Waals surface area contributed by atoms with Gasteiger partial charge in [-0.25, -0.2) is 9.97 Å². The molecule has 0 saturated heterocycles. The van der Waals surface area contributed by atoms with Crippen LogP contribution in [0, 0.1) is 6.92 Å². The molecular weight excluding hydrogens is 401 g/mol. The maximum Gasteiger partial charge on any atom is 0.263 e. The van der Waals surface area contributed by atoms with E-state index in [0.29, 0.717) is 39.3 Å². The molecule has 142 valence electrons. The fraction of sp³-hybridized carbons (Fsp3) is 0.211. The highest BCUT2D eigenvalue weighted by Crippen LogP contribution is 2.15. The average molecular weight is 416 g/mol. The Hall–Kier alpha value is -2.77.